The van der Waals surface area contributed by atoms with E-state index in [1.54, 1.807) is 12.1 Å². The van der Waals surface area contributed by atoms with Crippen molar-refractivity contribution in [3.63, 3.8) is 0 Å². The summed E-state index contributed by atoms with van der Waals surface area (Å²) in [5, 5.41) is 0.459. The zero-order valence-corrected chi connectivity index (χ0v) is 17.6. The minimum atomic E-state index is -3.81. The number of carbonyl (C=O) groups excluding carboxylic acids is 1. The van der Waals surface area contributed by atoms with Crippen LogP contribution in [-0.4, -0.2) is 51.8 Å². The molecule has 0 amide bonds. The van der Waals surface area contributed by atoms with Gasteiger partial charge in [0.15, 0.2) is 5.78 Å². The average molecular weight is 422 g/mol. The lowest BCUT2D eigenvalue weighted by Crippen LogP contribution is -2.46. The van der Waals surface area contributed by atoms with Gasteiger partial charge >= 0.3 is 0 Å². The fourth-order valence-corrected chi connectivity index (χ4v) is 4.48. The number of Topliss-reactive ketones (excluding diaryl/α,β-unsaturated/α-hetero) is 1. The lowest BCUT2D eigenvalue weighted by molar-refractivity contribution is 0.101. The predicted octanol–water partition coefficient (Wildman–Crippen LogP) is 3.49. The number of carbonyl (C=O) groups is 1. The molecule has 0 spiro atoms. The number of hydrogen-bond donors (Lipinski definition) is 1. The van der Waals surface area contributed by atoms with E-state index < -0.39 is 10.0 Å². The van der Waals surface area contributed by atoms with Crippen molar-refractivity contribution in [3.05, 3.63) is 53.1 Å². The average Bonchev–Trinajstić information content (AvgIpc) is 2.68. The van der Waals surface area contributed by atoms with Gasteiger partial charge in [0.05, 0.1) is 16.3 Å². The number of rotatable bonds is 6. The Hall–Kier alpha value is -2.09. The molecule has 0 saturated carbocycles. The Bertz CT molecular complexity index is 953. The molecule has 0 unspecified atom stereocenters. The van der Waals surface area contributed by atoms with E-state index in [1.807, 2.05) is 6.07 Å². The number of halogens is 1. The van der Waals surface area contributed by atoms with Gasteiger partial charge in [-0.05, 0) is 43.8 Å². The van der Waals surface area contributed by atoms with Crippen molar-refractivity contribution in [2.45, 2.75) is 18.7 Å². The molecule has 0 aromatic heterocycles. The minimum Gasteiger partial charge on any atom is -0.367 e. The number of benzene rings is 2. The molecule has 1 fully saturated rings. The van der Waals surface area contributed by atoms with Crippen molar-refractivity contribution in [2.75, 3.05) is 42.3 Å². The first kappa shape index (κ1) is 20.6. The Morgan fingerprint density at radius 2 is 1.71 bits per heavy atom. The maximum absolute atomic E-state index is 12.9. The summed E-state index contributed by atoms with van der Waals surface area (Å²) in [6.07, 6.45) is 0. The highest BCUT2D eigenvalue weighted by Gasteiger charge is 2.22. The standard InChI is InChI=1S/C20H24ClN3O3S/c1-3-23-10-12-24(13-11-23)20-9-6-17(21)14-19(20)22-28(26,27)18-7-4-16(5-8-18)15(2)25/h4-9,14,22H,3,10-13H2,1-2H3. The van der Waals surface area contributed by atoms with Crippen molar-refractivity contribution in [2.24, 2.45) is 0 Å². The molecule has 2 aromatic carbocycles. The van der Waals surface area contributed by atoms with Crippen molar-refractivity contribution in [3.8, 4) is 0 Å². The highest BCUT2D eigenvalue weighted by Crippen LogP contribution is 2.32. The molecule has 1 aliphatic rings. The van der Waals surface area contributed by atoms with Gasteiger partial charge in [-0.25, -0.2) is 8.42 Å². The summed E-state index contributed by atoms with van der Waals surface area (Å²) in [6.45, 7) is 8.07. The van der Waals surface area contributed by atoms with Gasteiger partial charge in [-0.2, -0.15) is 0 Å². The molecule has 150 valence electrons. The van der Waals surface area contributed by atoms with Gasteiger partial charge in [-0.3, -0.25) is 9.52 Å². The summed E-state index contributed by atoms with van der Waals surface area (Å²) in [5.74, 6) is -0.111. The number of nitrogens with one attached hydrogen (secondary N) is 1. The van der Waals surface area contributed by atoms with Gasteiger partial charge in [0.1, 0.15) is 0 Å². The Morgan fingerprint density at radius 3 is 2.29 bits per heavy atom. The van der Waals surface area contributed by atoms with Crippen LogP contribution < -0.4 is 9.62 Å². The monoisotopic (exact) mass is 421 g/mol. The molecule has 1 heterocycles. The van der Waals surface area contributed by atoms with Gasteiger partial charge < -0.3 is 9.80 Å². The van der Waals surface area contributed by atoms with E-state index >= 15 is 0 Å². The molecule has 1 aliphatic heterocycles. The summed E-state index contributed by atoms with van der Waals surface area (Å²) in [6, 6.07) is 11.1. The third kappa shape index (κ3) is 4.66. The quantitative estimate of drug-likeness (QED) is 0.723. The molecular formula is C20H24ClN3O3S. The van der Waals surface area contributed by atoms with Crippen molar-refractivity contribution >= 4 is 38.8 Å². The van der Waals surface area contributed by atoms with E-state index in [0.29, 0.717) is 16.3 Å². The van der Waals surface area contributed by atoms with Crippen LogP contribution in [0.2, 0.25) is 5.02 Å². The van der Waals surface area contributed by atoms with Gasteiger partial charge in [0.2, 0.25) is 0 Å². The van der Waals surface area contributed by atoms with E-state index in [-0.39, 0.29) is 10.7 Å². The van der Waals surface area contributed by atoms with Crippen LogP contribution in [0.4, 0.5) is 11.4 Å². The number of piperazine rings is 1. The Labute approximate surface area is 171 Å². The first-order chi connectivity index (χ1) is 13.3. The van der Waals surface area contributed by atoms with Crippen molar-refractivity contribution in [1.82, 2.24) is 4.90 Å². The molecule has 3 rings (SSSR count). The number of sulfonamides is 1. The van der Waals surface area contributed by atoms with Crippen LogP contribution in [0.15, 0.2) is 47.4 Å². The summed E-state index contributed by atoms with van der Waals surface area (Å²) in [4.78, 5) is 16.0. The fourth-order valence-electron chi connectivity index (χ4n) is 3.24. The first-order valence-electron chi connectivity index (χ1n) is 9.21. The lowest BCUT2D eigenvalue weighted by atomic mass is 10.2. The molecule has 28 heavy (non-hydrogen) atoms. The number of hydrogen-bond acceptors (Lipinski definition) is 5. The molecule has 8 heteroatoms. The Morgan fingerprint density at radius 1 is 1.07 bits per heavy atom. The van der Waals surface area contributed by atoms with E-state index in [4.69, 9.17) is 11.6 Å². The van der Waals surface area contributed by atoms with Gasteiger partial charge in [-0.1, -0.05) is 30.7 Å². The lowest BCUT2D eigenvalue weighted by Gasteiger charge is -2.36. The SMILES string of the molecule is CCN1CCN(c2ccc(Cl)cc2NS(=O)(=O)c2ccc(C(C)=O)cc2)CC1. The topological polar surface area (TPSA) is 69.7 Å². The van der Waals surface area contributed by atoms with E-state index in [1.165, 1.54) is 31.2 Å². The summed E-state index contributed by atoms with van der Waals surface area (Å²) in [7, 11) is -3.81. The van der Waals surface area contributed by atoms with E-state index in [2.05, 4.69) is 21.4 Å². The number of ketones is 1. The molecule has 1 N–H and O–H groups in total. The van der Waals surface area contributed by atoms with Crippen molar-refractivity contribution < 1.29 is 13.2 Å². The molecule has 0 atom stereocenters. The largest absolute Gasteiger partial charge is 0.367 e. The molecule has 6 nitrogen and oxygen atoms in total. The van der Waals surface area contributed by atoms with Crippen LogP contribution in [0, 0.1) is 0 Å². The highest BCUT2D eigenvalue weighted by atomic mass is 35.5. The third-order valence-corrected chi connectivity index (χ3v) is 6.55. The second-order valence-electron chi connectivity index (χ2n) is 6.77. The predicted molar refractivity (Wildman–Crippen MR) is 113 cm³/mol. The van der Waals surface area contributed by atoms with Crippen LogP contribution in [0.25, 0.3) is 0 Å². The second kappa shape index (κ2) is 8.51. The molecular weight excluding hydrogens is 398 g/mol. The maximum Gasteiger partial charge on any atom is 0.261 e. The zero-order valence-electron chi connectivity index (χ0n) is 16.0. The molecule has 0 aliphatic carbocycles. The van der Waals surface area contributed by atoms with Gasteiger partial charge in [0, 0.05) is 36.8 Å². The van der Waals surface area contributed by atoms with Crippen molar-refractivity contribution in [1.29, 1.82) is 0 Å². The number of anilines is 2. The molecule has 0 radical (unpaired) electrons. The zero-order chi connectivity index (χ0) is 20.3. The van der Waals surface area contributed by atoms with E-state index in [0.717, 1.165) is 38.4 Å². The first-order valence-corrected chi connectivity index (χ1v) is 11.1. The normalized spacial score (nSPS) is 15.5. The van der Waals surface area contributed by atoms with Gasteiger partial charge in [0.25, 0.3) is 10.0 Å². The molecule has 0 bridgehead atoms. The maximum atomic E-state index is 12.9. The molecule has 1 saturated heterocycles. The van der Waals surface area contributed by atoms with Crippen LogP contribution in [-0.2, 0) is 10.0 Å². The number of likely N-dealkylation sites (N-methyl/N-ethyl adjacent to an activating group) is 1. The van der Waals surface area contributed by atoms with Crippen LogP contribution >= 0.6 is 11.6 Å². The van der Waals surface area contributed by atoms with Crippen LogP contribution in [0.5, 0.6) is 0 Å². The van der Waals surface area contributed by atoms with Gasteiger partial charge in [-0.15, -0.1) is 0 Å². The summed E-state index contributed by atoms with van der Waals surface area (Å²) < 4.78 is 28.4. The third-order valence-electron chi connectivity index (χ3n) is 4.93. The molecule has 2 aromatic rings. The van der Waals surface area contributed by atoms with Crippen LogP contribution in [0.3, 0.4) is 0 Å². The van der Waals surface area contributed by atoms with Crippen LogP contribution in [0.1, 0.15) is 24.2 Å². The summed E-state index contributed by atoms with van der Waals surface area (Å²) in [5.41, 5.74) is 1.73. The Kier molecular flexibility index (Phi) is 6.27. The Balaban J connectivity index is 1.86. The second-order valence-corrected chi connectivity index (χ2v) is 8.89. The smallest absolute Gasteiger partial charge is 0.261 e. The minimum absolute atomic E-state index is 0.0965. The number of nitrogens with zero attached hydrogens (tertiary/aromatic N) is 2. The van der Waals surface area contributed by atoms with E-state index in [9.17, 15) is 13.2 Å². The summed E-state index contributed by atoms with van der Waals surface area (Å²) >= 11 is 6.13. The fraction of sp³-hybridized carbons (Fsp3) is 0.350. The highest BCUT2D eigenvalue weighted by molar-refractivity contribution is 7.92.